The van der Waals surface area contributed by atoms with E-state index in [0.717, 1.165) is 66.8 Å². The molecule has 3 nitrogen and oxygen atoms in total. The van der Waals surface area contributed by atoms with E-state index in [-0.39, 0.29) is 10.8 Å². The number of nitrogens with zero attached hydrogens (tertiary/aromatic N) is 2. The van der Waals surface area contributed by atoms with E-state index in [1.165, 1.54) is 49.7 Å². The zero-order valence-electron chi connectivity index (χ0n) is 41.6. The molecular formula is C67H60N2O. The van der Waals surface area contributed by atoms with Crippen molar-refractivity contribution in [3.05, 3.63) is 229 Å². The van der Waals surface area contributed by atoms with Crippen molar-refractivity contribution in [2.45, 2.75) is 72.1 Å². The van der Waals surface area contributed by atoms with Crippen LogP contribution in [0.4, 0.5) is 34.1 Å². The molecule has 0 radical (unpaired) electrons. The number of anilines is 6. The standard InChI is InChI=1S/C67H60N2O/c1-44(2)45-26-34-55(35-27-45)69(63-21-15-13-19-59(63)47-24-32-53(33-25-47)67(6,7)8)57-37-29-49-41-61-60-40-48-28-36-56(38-50(48)42-64(60)70-65(61)43-51(49)39-57)68(54-16-10-9-11-17-54)62-20-14-12-18-58(62)46-22-30-52(31-23-46)66(3,4)5/h9-44H,1-8H3. The van der Waals surface area contributed by atoms with E-state index in [9.17, 15) is 0 Å². The Kier molecular flexibility index (Phi) is 11.2. The first-order valence-corrected chi connectivity index (χ1v) is 24.8. The van der Waals surface area contributed by atoms with Gasteiger partial charge < -0.3 is 14.2 Å². The Morgan fingerprint density at radius 2 is 0.757 bits per heavy atom. The summed E-state index contributed by atoms with van der Waals surface area (Å²) in [6, 6.07) is 78.1. The maximum absolute atomic E-state index is 6.84. The molecule has 0 unspecified atom stereocenters. The fraction of sp³-hybridized carbons (Fsp3) is 0.164. The van der Waals surface area contributed by atoms with Crippen LogP contribution < -0.4 is 9.80 Å². The summed E-state index contributed by atoms with van der Waals surface area (Å²) in [5.41, 5.74) is 17.2. The summed E-state index contributed by atoms with van der Waals surface area (Å²) in [5.74, 6) is 0.441. The molecule has 11 rings (SSSR count). The summed E-state index contributed by atoms with van der Waals surface area (Å²) in [5, 5.41) is 6.80. The first-order chi connectivity index (χ1) is 33.8. The van der Waals surface area contributed by atoms with E-state index in [4.69, 9.17) is 4.42 Å². The Balaban J connectivity index is 1.00. The molecule has 0 N–H and O–H groups in total. The number of benzene rings is 10. The van der Waals surface area contributed by atoms with Crippen LogP contribution in [0.1, 0.15) is 78.0 Å². The Morgan fingerprint density at radius 1 is 0.357 bits per heavy atom. The summed E-state index contributed by atoms with van der Waals surface area (Å²) in [6.07, 6.45) is 0. The van der Waals surface area contributed by atoms with Gasteiger partial charge in [-0.05, 0) is 151 Å². The molecule has 70 heavy (non-hydrogen) atoms. The van der Waals surface area contributed by atoms with Gasteiger partial charge in [0.05, 0.1) is 11.4 Å². The molecule has 0 aliphatic heterocycles. The zero-order valence-corrected chi connectivity index (χ0v) is 41.6. The van der Waals surface area contributed by atoms with Crippen molar-refractivity contribution in [1.29, 1.82) is 0 Å². The van der Waals surface area contributed by atoms with Crippen LogP contribution in [0.15, 0.2) is 217 Å². The van der Waals surface area contributed by atoms with Gasteiger partial charge in [-0.1, -0.05) is 183 Å². The quantitative estimate of drug-likeness (QED) is 0.144. The number of para-hydroxylation sites is 3. The van der Waals surface area contributed by atoms with Crippen molar-refractivity contribution >= 4 is 77.6 Å². The molecule has 0 fully saturated rings. The summed E-state index contributed by atoms with van der Waals surface area (Å²) >= 11 is 0. The number of rotatable bonds is 9. The first kappa shape index (κ1) is 44.6. The summed E-state index contributed by atoms with van der Waals surface area (Å²) in [4.78, 5) is 4.78. The predicted octanol–water partition coefficient (Wildman–Crippen LogP) is 19.9. The highest BCUT2D eigenvalue weighted by molar-refractivity contribution is 6.14. The fourth-order valence-electron chi connectivity index (χ4n) is 10.1. The molecule has 0 bridgehead atoms. The Hall–Kier alpha value is -7.88. The van der Waals surface area contributed by atoms with Crippen LogP contribution in [0.2, 0.25) is 0 Å². The third-order valence-electron chi connectivity index (χ3n) is 14.1. The third-order valence-corrected chi connectivity index (χ3v) is 14.1. The van der Waals surface area contributed by atoms with Crippen LogP contribution in [-0.4, -0.2) is 0 Å². The second-order valence-corrected chi connectivity index (χ2v) is 21.3. The second-order valence-electron chi connectivity index (χ2n) is 21.3. The van der Waals surface area contributed by atoms with E-state index >= 15 is 0 Å². The van der Waals surface area contributed by atoms with Crippen LogP contribution in [0, 0.1) is 0 Å². The molecular weight excluding hydrogens is 849 g/mol. The van der Waals surface area contributed by atoms with Crippen LogP contribution in [0.5, 0.6) is 0 Å². The van der Waals surface area contributed by atoms with Gasteiger partial charge in [0.15, 0.2) is 0 Å². The summed E-state index contributed by atoms with van der Waals surface area (Å²) in [7, 11) is 0. The largest absolute Gasteiger partial charge is 0.456 e. The molecule has 0 saturated heterocycles. The van der Waals surface area contributed by atoms with Gasteiger partial charge in [0, 0.05) is 44.6 Å². The first-order valence-electron chi connectivity index (χ1n) is 24.8. The SMILES string of the molecule is CC(C)c1ccc(N(c2ccc3cc4c(cc3c2)oc2cc3cc(N(c5ccccc5)c5ccccc5-c5ccc(C(C)(C)C)cc5)ccc3cc24)c2ccccc2-c2ccc(C(C)(C)C)cc2)cc1. The fourth-order valence-corrected chi connectivity index (χ4v) is 10.1. The van der Waals surface area contributed by atoms with Crippen LogP contribution in [0.3, 0.4) is 0 Å². The molecule has 1 heterocycles. The topological polar surface area (TPSA) is 19.6 Å². The van der Waals surface area contributed by atoms with Crippen LogP contribution >= 0.6 is 0 Å². The Bertz CT molecular complexity index is 3680. The lowest BCUT2D eigenvalue weighted by Gasteiger charge is -2.28. The van der Waals surface area contributed by atoms with Crippen molar-refractivity contribution in [3.63, 3.8) is 0 Å². The van der Waals surface area contributed by atoms with E-state index in [1.54, 1.807) is 0 Å². The molecule has 11 aromatic rings. The van der Waals surface area contributed by atoms with Gasteiger partial charge in [-0.2, -0.15) is 0 Å². The van der Waals surface area contributed by atoms with Crippen molar-refractivity contribution in [1.82, 2.24) is 0 Å². The molecule has 0 atom stereocenters. The monoisotopic (exact) mass is 908 g/mol. The van der Waals surface area contributed by atoms with Gasteiger partial charge in [-0.15, -0.1) is 0 Å². The van der Waals surface area contributed by atoms with Gasteiger partial charge in [0.25, 0.3) is 0 Å². The zero-order chi connectivity index (χ0) is 48.3. The minimum atomic E-state index is 0.0773. The lowest BCUT2D eigenvalue weighted by molar-refractivity contribution is 0.590. The van der Waals surface area contributed by atoms with Crippen molar-refractivity contribution < 1.29 is 4.42 Å². The van der Waals surface area contributed by atoms with Gasteiger partial charge in [0.1, 0.15) is 11.2 Å². The smallest absolute Gasteiger partial charge is 0.136 e. The average molecular weight is 909 g/mol. The minimum Gasteiger partial charge on any atom is -0.456 e. The summed E-state index contributed by atoms with van der Waals surface area (Å²) < 4.78 is 6.84. The maximum Gasteiger partial charge on any atom is 0.136 e. The highest BCUT2D eigenvalue weighted by Crippen LogP contribution is 2.45. The molecule has 3 heteroatoms. The normalized spacial score (nSPS) is 12.1. The van der Waals surface area contributed by atoms with Gasteiger partial charge in [0.2, 0.25) is 0 Å². The molecule has 0 amide bonds. The minimum absolute atomic E-state index is 0.0773. The van der Waals surface area contributed by atoms with E-state index in [0.29, 0.717) is 5.92 Å². The van der Waals surface area contributed by atoms with E-state index < -0.39 is 0 Å². The number of furan rings is 1. The molecule has 0 aliphatic rings. The van der Waals surface area contributed by atoms with E-state index in [2.05, 4.69) is 278 Å². The third kappa shape index (κ3) is 8.40. The lowest BCUT2D eigenvalue weighted by atomic mass is 9.86. The van der Waals surface area contributed by atoms with Crippen molar-refractivity contribution in [2.24, 2.45) is 0 Å². The molecule has 344 valence electrons. The van der Waals surface area contributed by atoms with Gasteiger partial charge >= 0.3 is 0 Å². The highest BCUT2D eigenvalue weighted by atomic mass is 16.3. The predicted molar refractivity (Wildman–Crippen MR) is 300 cm³/mol. The van der Waals surface area contributed by atoms with Gasteiger partial charge in [-0.25, -0.2) is 0 Å². The second kappa shape index (κ2) is 17.6. The average Bonchev–Trinajstić information content (AvgIpc) is 3.71. The van der Waals surface area contributed by atoms with Crippen LogP contribution in [0.25, 0.3) is 65.7 Å². The molecule has 0 saturated carbocycles. The Morgan fingerprint density at radius 3 is 1.19 bits per heavy atom. The molecule has 1 aromatic heterocycles. The number of hydrogen-bond acceptors (Lipinski definition) is 3. The van der Waals surface area contributed by atoms with E-state index in [1.807, 2.05) is 0 Å². The number of fused-ring (bicyclic) bond motifs is 5. The van der Waals surface area contributed by atoms with Gasteiger partial charge in [-0.3, -0.25) is 0 Å². The number of hydrogen-bond donors (Lipinski definition) is 0. The van der Waals surface area contributed by atoms with Crippen LogP contribution in [-0.2, 0) is 10.8 Å². The molecule has 0 spiro atoms. The molecule has 0 aliphatic carbocycles. The Labute approximate surface area is 413 Å². The maximum atomic E-state index is 6.84. The van der Waals surface area contributed by atoms with Crippen molar-refractivity contribution in [3.8, 4) is 22.3 Å². The van der Waals surface area contributed by atoms with Crippen molar-refractivity contribution in [2.75, 3.05) is 9.80 Å². The lowest BCUT2D eigenvalue weighted by Crippen LogP contribution is -2.12. The summed E-state index contributed by atoms with van der Waals surface area (Å²) in [6.45, 7) is 18.1. The molecule has 10 aromatic carbocycles. The highest BCUT2D eigenvalue weighted by Gasteiger charge is 2.22.